The highest BCUT2D eigenvalue weighted by atomic mass is 35.5. The second kappa shape index (κ2) is 11.4. The van der Waals surface area contributed by atoms with Crippen LogP contribution in [0.5, 0.6) is 5.75 Å². The maximum absolute atomic E-state index is 13.5. The van der Waals surface area contributed by atoms with Crippen LogP contribution in [0.1, 0.15) is 30.4 Å². The fraction of sp³-hybridized carbons (Fsp3) is 0.267. The van der Waals surface area contributed by atoms with Crippen LogP contribution < -0.4 is 15.5 Å². The Morgan fingerprint density at radius 1 is 1.00 bits per heavy atom. The molecule has 4 aromatic rings. The lowest BCUT2D eigenvalue weighted by Crippen LogP contribution is -2.35. The molecule has 1 aliphatic heterocycles. The number of hydrogen-bond donors (Lipinski definition) is 1. The van der Waals surface area contributed by atoms with E-state index in [1.165, 1.54) is 28.6 Å². The molecule has 0 radical (unpaired) electrons. The van der Waals surface area contributed by atoms with Gasteiger partial charge >= 0.3 is 0 Å². The number of carbonyl (C=O) groups excluding carboxylic acids is 1. The third-order valence-corrected chi connectivity index (χ3v) is 9.26. The van der Waals surface area contributed by atoms with Gasteiger partial charge in [-0.25, -0.2) is 8.42 Å². The van der Waals surface area contributed by atoms with Crippen molar-refractivity contribution < 1.29 is 22.4 Å². The molecule has 40 heavy (non-hydrogen) atoms. The molecular weight excluding hydrogens is 552 g/mol. The number of sulfonamides is 1. The first-order valence-electron chi connectivity index (χ1n) is 13.0. The average Bonchev–Trinajstić information content (AvgIpc) is 2.95. The smallest absolute Gasteiger partial charge is 0.262 e. The summed E-state index contributed by atoms with van der Waals surface area (Å²) in [6.07, 6.45) is 2.72. The molecule has 8 nitrogen and oxygen atoms in total. The van der Waals surface area contributed by atoms with Gasteiger partial charge in [0.2, 0.25) is 21.2 Å². The van der Waals surface area contributed by atoms with Crippen molar-refractivity contribution in [2.75, 3.05) is 25.0 Å². The molecule has 0 saturated carbocycles. The summed E-state index contributed by atoms with van der Waals surface area (Å²) in [5, 5.41) is 3.38. The lowest BCUT2D eigenvalue weighted by molar-refractivity contribution is -0.118. The number of piperidine rings is 1. The Kier molecular flexibility index (Phi) is 7.98. The summed E-state index contributed by atoms with van der Waals surface area (Å²) >= 11 is 6.41. The number of amides is 1. The van der Waals surface area contributed by atoms with E-state index in [1.54, 1.807) is 36.4 Å². The van der Waals surface area contributed by atoms with Crippen LogP contribution in [0.2, 0.25) is 5.02 Å². The molecule has 0 bridgehead atoms. The van der Waals surface area contributed by atoms with Gasteiger partial charge in [-0.2, -0.15) is 4.31 Å². The van der Waals surface area contributed by atoms with Gasteiger partial charge in [0.1, 0.15) is 5.58 Å². The minimum Gasteiger partial charge on any atom is -0.476 e. The van der Waals surface area contributed by atoms with Crippen molar-refractivity contribution in [1.29, 1.82) is 0 Å². The number of nitrogens with zero attached hydrogens (tertiary/aromatic N) is 1. The first-order valence-corrected chi connectivity index (χ1v) is 14.8. The molecule has 2 heterocycles. The minimum atomic E-state index is -3.58. The van der Waals surface area contributed by atoms with Crippen LogP contribution in [0.4, 0.5) is 5.69 Å². The normalized spacial score (nSPS) is 14.3. The third-order valence-electron chi connectivity index (χ3n) is 7.02. The van der Waals surface area contributed by atoms with Crippen molar-refractivity contribution in [1.82, 2.24) is 4.31 Å². The number of rotatable bonds is 7. The SMILES string of the molecule is Cc1cc2oc(-c3ccccc3Cl)c(OCC(=O)Nc3ccc(S(=O)(=O)N4CCCCC4)cc3)c(=O)c2cc1C. The zero-order chi connectivity index (χ0) is 28.4. The van der Waals surface area contributed by atoms with Crippen LogP contribution in [0.25, 0.3) is 22.3 Å². The molecule has 208 valence electrons. The van der Waals surface area contributed by atoms with Crippen LogP contribution in [-0.4, -0.2) is 38.3 Å². The number of nitrogens with one attached hydrogen (secondary N) is 1. The number of benzene rings is 3. The molecule has 0 unspecified atom stereocenters. The predicted octanol–water partition coefficient (Wildman–Crippen LogP) is 5.92. The minimum absolute atomic E-state index is 0.123. The maximum Gasteiger partial charge on any atom is 0.262 e. The molecule has 10 heteroatoms. The number of halogens is 1. The lowest BCUT2D eigenvalue weighted by Gasteiger charge is -2.25. The first kappa shape index (κ1) is 27.9. The van der Waals surface area contributed by atoms with Crippen molar-refractivity contribution in [2.24, 2.45) is 0 Å². The Hall–Kier alpha value is -3.66. The molecule has 3 aromatic carbocycles. The summed E-state index contributed by atoms with van der Waals surface area (Å²) < 4.78 is 39.2. The average molecular weight is 581 g/mol. The summed E-state index contributed by atoms with van der Waals surface area (Å²) in [7, 11) is -3.58. The highest BCUT2D eigenvalue weighted by Gasteiger charge is 2.26. The Labute approximate surface area is 237 Å². The standard InChI is InChI=1S/C30H29ClN2O6S/c1-19-16-24-26(17-20(19)2)39-29(23-8-4-5-9-25(23)31)30(28(24)35)38-18-27(34)32-21-10-12-22(13-11-21)40(36,37)33-14-6-3-7-15-33/h4-5,8-13,16-17H,3,6-7,14-15,18H2,1-2H3,(H,32,34). The number of fused-ring (bicyclic) bond motifs is 1. The second-order valence-corrected chi connectivity index (χ2v) is 12.2. The fourth-order valence-corrected chi connectivity index (χ4v) is 6.43. The van der Waals surface area contributed by atoms with E-state index in [1.807, 2.05) is 13.8 Å². The summed E-state index contributed by atoms with van der Waals surface area (Å²) in [6.45, 7) is 4.36. The molecule has 0 aliphatic carbocycles. The highest BCUT2D eigenvalue weighted by molar-refractivity contribution is 7.89. The molecule has 1 amide bonds. The number of hydrogen-bond acceptors (Lipinski definition) is 6. The maximum atomic E-state index is 13.5. The van der Waals surface area contributed by atoms with Crippen molar-refractivity contribution in [3.05, 3.63) is 87.0 Å². The summed E-state index contributed by atoms with van der Waals surface area (Å²) in [5.41, 5.74) is 2.71. The van der Waals surface area contributed by atoms with Gasteiger partial charge in [0.25, 0.3) is 5.91 Å². The van der Waals surface area contributed by atoms with Crippen LogP contribution in [0, 0.1) is 13.8 Å². The molecule has 5 rings (SSSR count). The molecule has 1 aliphatic rings. The number of carbonyl (C=O) groups is 1. The zero-order valence-electron chi connectivity index (χ0n) is 22.2. The van der Waals surface area contributed by atoms with Crippen LogP contribution in [0.3, 0.4) is 0 Å². The predicted molar refractivity (Wildman–Crippen MR) is 156 cm³/mol. The molecule has 1 fully saturated rings. The van der Waals surface area contributed by atoms with Gasteiger partial charge < -0.3 is 14.5 Å². The summed E-state index contributed by atoms with van der Waals surface area (Å²) in [5.74, 6) is -0.523. The van der Waals surface area contributed by atoms with E-state index in [-0.39, 0.29) is 16.4 Å². The molecule has 0 spiro atoms. The second-order valence-electron chi connectivity index (χ2n) is 9.83. The largest absolute Gasteiger partial charge is 0.476 e. The van der Waals surface area contributed by atoms with Gasteiger partial charge in [-0.3, -0.25) is 9.59 Å². The first-order chi connectivity index (χ1) is 19.1. The van der Waals surface area contributed by atoms with Gasteiger partial charge in [-0.1, -0.05) is 30.2 Å². The highest BCUT2D eigenvalue weighted by Crippen LogP contribution is 2.35. The van der Waals surface area contributed by atoms with Crippen molar-refractivity contribution in [2.45, 2.75) is 38.0 Å². The van der Waals surface area contributed by atoms with Gasteiger partial charge in [-0.05, 0) is 86.3 Å². The summed E-state index contributed by atoms with van der Waals surface area (Å²) in [4.78, 5) is 26.5. The van der Waals surface area contributed by atoms with Gasteiger partial charge in [0.15, 0.2) is 12.4 Å². The van der Waals surface area contributed by atoms with E-state index >= 15 is 0 Å². The molecule has 0 atom stereocenters. The van der Waals surface area contributed by atoms with Crippen LogP contribution >= 0.6 is 11.6 Å². The van der Waals surface area contributed by atoms with E-state index < -0.39 is 28.0 Å². The number of ether oxygens (including phenoxy) is 1. The monoisotopic (exact) mass is 580 g/mol. The zero-order valence-corrected chi connectivity index (χ0v) is 23.8. The van der Waals surface area contributed by atoms with Gasteiger partial charge in [0.05, 0.1) is 15.3 Å². The molecule has 1 saturated heterocycles. The molecule has 1 aromatic heterocycles. The van der Waals surface area contributed by atoms with Crippen molar-refractivity contribution in [3.63, 3.8) is 0 Å². The Bertz CT molecular complexity index is 1740. The van der Waals surface area contributed by atoms with Crippen LogP contribution in [-0.2, 0) is 14.8 Å². The number of anilines is 1. The van der Waals surface area contributed by atoms with Gasteiger partial charge in [0, 0.05) is 24.3 Å². The van der Waals surface area contributed by atoms with E-state index in [4.69, 9.17) is 20.8 Å². The molecule has 1 N–H and O–H groups in total. The fourth-order valence-electron chi connectivity index (χ4n) is 4.69. The Balaban J connectivity index is 1.37. The lowest BCUT2D eigenvalue weighted by atomic mass is 10.0. The van der Waals surface area contributed by atoms with E-state index in [9.17, 15) is 18.0 Å². The van der Waals surface area contributed by atoms with E-state index in [2.05, 4.69) is 5.32 Å². The van der Waals surface area contributed by atoms with E-state index in [0.717, 1.165) is 30.4 Å². The van der Waals surface area contributed by atoms with Crippen molar-refractivity contribution in [3.8, 4) is 17.1 Å². The Morgan fingerprint density at radius 3 is 2.38 bits per heavy atom. The van der Waals surface area contributed by atoms with Crippen LogP contribution in [0.15, 0.2) is 74.8 Å². The quantitative estimate of drug-likeness (QED) is 0.291. The third kappa shape index (κ3) is 5.63. The van der Waals surface area contributed by atoms with E-state index in [0.29, 0.717) is 40.3 Å². The van der Waals surface area contributed by atoms with Crippen molar-refractivity contribution >= 4 is 44.2 Å². The molecular formula is C30H29ClN2O6S. The number of aryl methyl sites for hydroxylation is 2. The Morgan fingerprint density at radius 2 is 1.68 bits per heavy atom. The van der Waals surface area contributed by atoms with Gasteiger partial charge in [-0.15, -0.1) is 0 Å². The summed E-state index contributed by atoms with van der Waals surface area (Å²) in [6, 6.07) is 16.4. The topological polar surface area (TPSA) is 106 Å².